The van der Waals surface area contributed by atoms with E-state index in [-0.39, 0.29) is 5.91 Å². The SMILES string of the molecule is CCNC(=O)c1cccc(CN=C(NCC)NCC2(CCOC)CCC2)c1. The van der Waals surface area contributed by atoms with Crippen LogP contribution in [0.4, 0.5) is 0 Å². The lowest BCUT2D eigenvalue weighted by Crippen LogP contribution is -2.46. The molecule has 1 aliphatic carbocycles. The Morgan fingerprint density at radius 2 is 1.96 bits per heavy atom. The average molecular weight is 375 g/mol. The number of methoxy groups -OCH3 is 1. The quantitative estimate of drug-likeness (QED) is 0.435. The fraction of sp³-hybridized carbons (Fsp3) is 0.619. The molecular weight excluding hydrogens is 340 g/mol. The van der Waals surface area contributed by atoms with Crippen molar-refractivity contribution in [1.82, 2.24) is 16.0 Å². The number of guanidine groups is 1. The van der Waals surface area contributed by atoms with E-state index in [1.807, 2.05) is 31.2 Å². The van der Waals surface area contributed by atoms with Crippen LogP contribution in [0.25, 0.3) is 0 Å². The number of aliphatic imine (C=N–C) groups is 1. The zero-order valence-corrected chi connectivity index (χ0v) is 16.9. The topological polar surface area (TPSA) is 74.8 Å². The fourth-order valence-electron chi connectivity index (χ4n) is 3.37. The molecule has 6 nitrogen and oxygen atoms in total. The number of amides is 1. The zero-order valence-electron chi connectivity index (χ0n) is 16.9. The van der Waals surface area contributed by atoms with E-state index in [1.54, 1.807) is 7.11 Å². The molecule has 1 aromatic rings. The third-order valence-electron chi connectivity index (χ3n) is 5.17. The first-order valence-corrected chi connectivity index (χ1v) is 10.0. The van der Waals surface area contributed by atoms with Gasteiger partial charge in [-0.05, 0) is 56.2 Å². The highest BCUT2D eigenvalue weighted by Gasteiger charge is 2.36. The second-order valence-electron chi connectivity index (χ2n) is 7.20. The summed E-state index contributed by atoms with van der Waals surface area (Å²) in [6.07, 6.45) is 4.88. The van der Waals surface area contributed by atoms with Crippen LogP contribution >= 0.6 is 0 Å². The molecule has 2 rings (SSSR count). The Labute approximate surface area is 163 Å². The summed E-state index contributed by atoms with van der Waals surface area (Å²) < 4.78 is 5.27. The lowest BCUT2D eigenvalue weighted by Gasteiger charge is -2.42. The third-order valence-corrected chi connectivity index (χ3v) is 5.17. The van der Waals surface area contributed by atoms with Gasteiger partial charge in [0.25, 0.3) is 5.91 Å². The van der Waals surface area contributed by atoms with E-state index in [1.165, 1.54) is 19.3 Å². The molecule has 0 unspecified atom stereocenters. The molecule has 0 aliphatic heterocycles. The molecule has 1 amide bonds. The van der Waals surface area contributed by atoms with E-state index in [4.69, 9.17) is 9.73 Å². The Morgan fingerprint density at radius 1 is 1.19 bits per heavy atom. The molecule has 27 heavy (non-hydrogen) atoms. The van der Waals surface area contributed by atoms with Crippen molar-refractivity contribution in [3.05, 3.63) is 35.4 Å². The summed E-state index contributed by atoms with van der Waals surface area (Å²) in [5, 5.41) is 9.65. The van der Waals surface area contributed by atoms with Crippen molar-refractivity contribution in [2.45, 2.75) is 46.1 Å². The molecule has 0 spiro atoms. The Bertz CT molecular complexity index is 626. The fourth-order valence-corrected chi connectivity index (χ4v) is 3.37. The van der Waals surface area contributed by atoms with Crippen molar-refractivity contribution in [2.75, 3.05) is 33.4 Å². The van der Waals surface area contributed by atoms with E-state index in [9.17, 15) is 4.79 Å². The number of benzene rings is 1. The predicted molar refractivity (Wildman–Crippen MR) is 110 cm³/mol. The lowest BCUT2D eigenvalue weighted by atomic mass is 9.67. The Morgan fingerprint density at radius 3 is 2.59 bits per heavy atom. The molecule has 0 heterocycles. The molecule has 6 heteroatoms. The standard InChI is InChI=1S/C21H34N4O2/c1-4-22-19(26)18-9-6-8-17(14-18)15-24-20(23-5-2)25-16-21(10-7-11-21)12-13-27-3/h6,8-9,14H,4-5,7,10-13,15-16H2,1-3H3,(H,22,26)(H2,23,24,25). The van der Waals surface area contributed by atoms with Gasteiger partial charge in [-0.2, -0.15) is 0 Å². The van der Waals surface area contributed by atoms with Crippen LogP contribution in [-0.4, -0.2) is 45.2 Å². The van der Waals surface area contributed by atoms with Gasteiger partial charge in [0.1, 0.15) is 0 Å². The van der Waals surface area contributed by atoms with Crippen LogP contribution in [0, 0.1) is 5.41 Å². The van der Waals surface area contributed by atoms with Crippen molar-refractivity contribution < 1.29 is 9.53 Å². The van der Waals surface area contributed by atoms with Gasteiger partial charge >= 0.3 is 0 Å². The van der Waals surface area contributed by atoms with E-state index in [0.717, 1.165) is 37.6 Å². The molecule has 1 fully saturated rings. The van der Waals surface area contributed by atoms with E-state index in [2.05, 4.69) is 22.9 Å². The van der Waals surface area contributed by atoms with Crippen LogP contribution in [0.2, 0.25) is 0 Å². The molecule has 150 valence electrons. The molecule has 1 aromatic carbocycles. The molecule has 3 N–H and O–H groups in total. The zero-order chi connectivity index (χ0) is 19.5. The number of ether oxygens (including phenoxy) is 1. The first kappa shape index (κ1) is 21.2. The van der Waals surface area contributed by atoms with Crippen LogP contribution in [0.5, 0.6) is 0 Å². The van der Waals surface area contributed by atoms with Crippen LogP contribution in [0.1, 0.15) is 55.5 Å². The van der Waals surface area contributed by atoms with Gasteiger partial charge in [-0.3, -0.25) is 4.79 Å². The Kier molecular flexibility index (Phi) is 8.58. The second kappa shape index (κ2) is 10.9. The largest absolute Gasteiger partial charge is 0.385 e. The summed E-state index contributed by atoms with van der Waals surface area (Å²) >= 11 is 0. The second-order valence-corrected chi connectivity index (χ2v) is 7.20. The van der Waals surface area contributed by atoms with Crippen LogP contribution < -0.4 is 16.0 Å². The minimum absolute atomic E-state index is 0.0431. The number of hydrogen-bond donors (Lipinski definition) is 3. The van der Waals surface area contributed by atoms with E-state index < -0.39 is 0 Å². The van der Waals surface area contributed by atoms with Gasteiger partial charge in [-0.15, -0.1) is 0 Å². The molecule has 0 saturated heterocycles. The van der Waals surface area contributed by atoms with Gasteiger partial charge in [-0.25, -0.2) is 4.99 Å². The summed E-state index contributed by atoms with van der Waals surface area (Å²) in [5.41, 5.74) is 2.04. The van der Waals surface area contributed by atoms with Gasteiger partial charge in [0.2, 0.25) is 0 Å². The number of hydrogen-bond acceptors (Lipinski definition) is 3. The van der Waals surface area contributed by atoms with Gasteiger partial charge in [0.05, 0.1) is 6.54 Å². The summed E-state index contributed by atoms with van der Waals surface area (Å²) in [6, 6.07) is 7.65. The number of carbonyl (C=O) groups excluding carboxylic acids is 1. The Hall–Kier alpha value is -2.08. The number of nitrogens with one attached hydrogen (secondary N) is 3. The van der Waals surface area contributed by atoms with E-state index in [0.29, 0.717) is 24.1 Å². The highest BCUT2D eigenvalue weighted by Crippen LogP contribution is 2.43. The molecular formula is C21H34N4O2. The summed E-state index contributed by atoms with van der Waals surface area (Å²) in [6.45, 7) is 7.69. The highest BCUT2D eigenvalue weighted by molar-refractivity contribution is 5.94. The van der Waals surface area contributed by atoms with Crippen LogP contribution in [-0.2, 0) is 11.3 Å². The van der Waals surface area contributed by atoms with Crippen molar-refractivity contribution in [3.8, 4) is 0 Å². The van der Waals surface area contributed by atoms with Crippen molar-refractivity contribution >= 4 is 11.9 Å². The van der Waals surface area contributed by atoms with Gasteiger partial charge in [0, 0.05) is 38.9 Å². The maximum Gasteiger partial charge on any atom is 0.251 e. The third kappa shape index (κ3) is 6.54. The van der Waals surface area contributed by atoms with Crippen molar-refractivity contribution in [1.29, 1.82) is 0 Å². The van der Waals surface area contributed by atoms with Gasteiger partial charge in [-0.1, -0.05) is 18.6 Å². The van der Waals surface area contributed by atoms with Crippen molar-refractivity contribution in [3.63, 3.8) is 0 Å². The smallest absolute Gasteiger partial charge is 0.251 e. The monoisotopic (exact) mass is 374 g/mol. The van der Waals surface area contributed by atoms with Gasteiger partial charge in [0.15, 0.2) is 5.96 Å². The van der Waals surface area contributed by atoms with Gasteiger partial charge < -0.3 is 20.7 Å². The summed E-state index contributed by atoms with van der Waals surface area (Å²) in [7, 11) is 1.76. The molecule has 0 bridgehead atoms. The molecule has 0 radical (unpaired) electrons. The van der Waals surface area contributed by atoms with Crippen LogP contribution in [0.15, 0.2) is 29.3 Å². The lowest BCUT2D eigenvalue weighted by molar-refractivity contribution is 0.0732. The number of nitrogens with zero attached hydrogens (tertiary/aromatic N) is 1. The average Bonchev–Trinajstić information content (AvgIpc) is 2.65. The molecule has 1 aliphatic rings. The minimum atomic E-state index is -0.0431. The normalized spacial score (nSPS) is 15.7. The summed E-state index contributed by atoms with van der Waals surface area (Å²) in [5.74, 6) is 0.781. The highest BCUT2D eigenvalue weighted by atomic mass is 16.5. The minimum Gasteiger partial charge on any atom is -0.385 e. The summed E-state index contributed by atoms with van der Waals surface area (Å²) in [4.78, 5) is 16.7. The molecule has 1 saturated carbocycles. The predicted octanol–water partition coefficient (Wildman–Crippen LogP) is 2.70. The number of carbonyl (C=O) groups is 1. The van der Waals surface area contributed by atoms with Crippen molar-refractivity contribution in [2.24, 2.45) is 10.4 Å². The van der Waals surface area contributed by atoms with Crippen LogP contribution in [0.3, 0.4) is 0 Å². The maximum atomic E-state index is 12.0. The van der Waals surface area contributed by atoms with E-state index >= 15 is 0 Å². The number of rotatable bonds is 10. The molecule has 0 aromatic heterocycles. The first-order valence-electron chi connectivity index (χ1n) is 10.0. The molecule has 0 atom stereocenters. The first-order chi connectivity index (χ1) is 13.1. The Balaban J connectivity index is 1.96. The maximum absolute atomic E-state index is 12.0.